The molecule has 0 aliphatic rings. The van der Waals surface area contributed by atoms with Gasteiger partial charge in [0.25, 0.3) is 0 Å². The van der Waals surface area contributed by atoms with E-state index >= 15 is 0 Å². The third-order valence-electron chi connectivity index (χ3n) is 2.43. The molecule has 0 fully saturated rings. The maximum absolute atomic E-state index is 11.4. The van der Waals surface area contributed by atoms with Crippen molar-refractivity contribution in [3.63, 3.8) is 0 Å². The predicted octanol–water partition coefficient (Wildman–Crippen LogP) is 0.344. The molecule has 5 heteroatoms. The van der Waals surface area contributed by atoms with E-state index in [1.807, 2.05) is 0 Å². The van der Waals surface area contributed by atoms with E-state index in [2.05, 4.69) is 4.74 Å². The van der Waals surface area contributed by atoms with Crippen LogP contribution in [0.3, 0.4) is 0 Å². The molecule has 94 valence electrons. The van der Waals surface area contributed by atoms with Gasteiger partial charge in [-0.2, -0.15) is 0 Å². The van der Waals surface area contributed by atoms with E-state index in [9.17, 15) is 9.90 Å². The normalized spacial score (nSPS) is 12.0. The molecule has 0 saturated heterocycles. The minimum absolute atomic E-state index is 0.158. The van der Waals surface area contributed by atoms with E-state index in [-0.39, 0.29) is 6.54 Å². The van der Waals surface area contributed by atoms with Crippen molar-refractivity contribution in [2.75, 3.05) is 20.8 Å². The SMILES string of the molecule is COC(=O)c1ccc(OC)c(CC(O)CN)c1. The topological polar surface area (TPSA) is 81.8 Å². The summed E-state index contributed by atoms with van der Waals surface area (Å²) in [4.78, 5) is 11.4. The highest BCUT2D eigenvalue weighted by Crippen LogP contribution is 2.21. The molecule has 3 N–H and O–H groups in total. The maximum atomic E-state index is 11.4. The zero-order valence-electron chi connectivity index (χ0n) is 9.97. The molecule has 1 aromatic rings. The van der Waals surface area contributed by atoms with Crippen LogP contribution in [0.5, 0.6) is 5.75 Å². The maximum Gasteiger partial charge on any atom is 0.337 e. The number of carbonyl (C=O) groups is 1. The highest BCUT2D eigenvalue weighted by molar-refractivity contribution is 5.89. The zero-order valence-corrected chi connectivity index (χ0v) is 9.97. The fourth-order valence-corrected chi connectivity index (χ4v) is 1.52. The third kappa shape index (κ3) is 3.44. The Labute approximate surface area is 100 Å². The van der Waals surface area contributed by atoms with Gasteiger partial charge in [0.2, 0.25) is 0 Å². The molecule has 0 spiro atoms. The Kier molecular flexibility index (Phi) is 4.93. The minimum Gasteiger partial charge on any atom is -0.496 e. The Morgan fingerprint density at radius 2 is 2.18 bits per heavy atom. The smallest absolute Gasteiger partial charge is 0.337 e. The number of aliphatic hydroxyl groups excluding tert-OH is 1. The fraction of sp³-hybridized carbons (Fsp3) is 0.417. The summed E-state index contributed by atoms with van der Waals surface area (Å²) < 4.78 is 9.78. The van der Waals surface area contributed by atoms with Crippen molar-refractivity contribution in [3.05, 3.63) is 29.3 Å². The van der Waals surface area contributed by atoms with Gasteiger partial charge in [-0.3, -0.25) is 0 Å². The van der Waals surface area contributed by atoms with E-state index in [4.69, 9.17) is 10.5 Å². The lowest BCUT2D eigenvalue weighted by Crippen LogP contribution is -2.22. The number of nitrogens with two attached hydrogens (primary N) is 1. The van der Waals surface area contributed by atoms with Gasteiger partial charge in [0.15, 0.2) is 0 Å². The molecule has 5 nitrogen and oxygen atoms in total. The van der Waals surface area contributed by atoms with Crippen molar-refractivity contribution in [2.45, 2.75) is 12.5 Å². The molecular formula is C12H17NO4. The van der Waals surface area contributed by atoms with E-state index in [0.717, 1.165) is 5.56 Å². The van der Waals surface area contributed by atoms with E-state index in [0.29, 0.717) is 17.7 Å². The lowest BCUT2D eigenvalue weighted by Gasteiger charge is -2.12. The molecule has 1 rings (SSSR count). The van der Waals surface area contributed by atoms with Crippen molar-refractivity contribution in [3.8, 4) is 5.75 Å². The molecule has 0 aliphatic carbocycles. The molecule has 0 aromatic heterocycles. The molecule has 0 saturated carbocycles. The Morgan fingerprint density at radius 3 is 2.71 bits per heavy atom. The van der Waals surface area contributed by atoms with Crippen LogP contribution in [0.1, 0.15) is 15.9 Å². The quantitative estimate of drug-likeness (QED) is 0.724. The van der Waals surface area contributed by atoms with E-state index in [1.54, 1.807) is 18.2 Å². The summed E-state index contributed by atoms with van der Waals surface area (Å²) in [5.41, 5.74) is 6.51. The summed E-state index contributed by atoms with van der Waals surface area (Å²) in [5.74, 6) is 0.196. The highest BCUT2D eigenvalue weighted by atomic mass is 16.5. The van der Waals surface area contributed by atoms with Gasteiger partial charge in [-0.15, -0.1) is 0 Å². The van der Waals surface area contributed by atoms with Crippen LogP contribution in [0.4, 0.5) is 0 Å². The second-order valence-electron chi connectivity index (χ2n) is 3.61. The summed E-state index contributed by atoms with van der Waals surface area (Å²) in [6.07, 6.45) is -0.318. The number of aliphatic hydroxyl groups is 1. The van der Waals surface area contributed by atoms with Crippen LogP contribution in [0.2, 0.25) is 0 Å². The van der Waals surface area contributed by atoms with E-state index in [1.165, 1.54) is 14.2 Å². The van der Waals surface area contributed by atoms with Gasteiger partial charge in [0, 0.05) is 13.0 Å². The molecule has 0 amide bonds. The second kappa shape index (κ2) is 6.22. The third-order valence-corrected chi connectivity index (χ3v) is 2.43. The number of ether oxygens (including phenoxy) is 2. The first-order valence-electron chi connectivity index (χ1n) is 5.25. The molecule has 0 radical (unpaired) electrons. The van der Waals surface area contributed by atoms with Gasteiger partial charge in [-0.1, -0.05) is 0 Å². The molecule has 17 heavy (non-hydrogen) atoms. The van der Waals surface area contributed by atoms with Gasteiger partial charge in [0.05, 0.1) is 25.9 Å². The Morgan fingerprint density at radius 1 is 1.47 bits per heavy atom. The predicted molar refractivity (Wildman–Crippen MR) is 63.1 cm³/mol. The van der Waals surface area contributed by atoms with Crippen LogP contribution < -0.4 is 10.5 Å². The lowest BCUT2D eigenvalue weighted by molar-refractivity contribution is 0.0600. The summed E-state index contributed by atoms with van der Waals surface area (Å²) >= 11 is 0. The first kappa shape index (κ1) is 13.5. The summed E-state index contributed by atoms with van der Waals surface area (Å²) in [6.45, 7) is 0.158. The molecule has 1 atom stereocenters. The van der Waals surface area contributed by atoms with Gasteiger partial charge < -0.3 is 20.3 Å². The van der Waals surface area contributed by atoms with Crippen LogP contribution in [0.25, 0.3) is 0 Å². The molecule has 1 unspecified atom stereocenters. The zero-order chi connectivity index (χ0) is 12.8. The fourth-order valence-electron chi connectivity index (χ4n) is 1.52. The summed E-state index contributed by atoms with van der Waals surface area (Å²) in [5, 5.41) is 9.52. The molecule has 0 heterocycles. The van der Waals surface area contributed by atoms with Crippen LogP contribution in [-0.2, 0) is 11.2 Å². The Balaban J connectivity index is 3.02. The number of hydrogen-bond donors (Lipinski definition) is 2. The number of benzene rings is 1. The van der Waals surface area contributed by atoms with Crippen LogP contribution in [0, 0.1) is 0 Å². The van der Waals surface area contributed by atoms with Crippen molar-refractivity contribution >= 4 is 5.97 Å². The highest BCUT2D eigenvalue weighted by Gasteiger charge is 2.13. The number of carbonyl (C=O) groups excluding carboxylic acids is 1. The largest absolute Gasteiger partial charge is 0.496 e. The number of hydrogen-bond acceptors (Lipinski definition) is 5. The van der Waals surface area contributed by atoms with Gasteiger partial charge in [-0.25, -0.2) is 4.79 Å². The van der Waals surface area contributed by atoms with Crippen LogP contribution in [0.15, 0.2) is 18.2 Å². The van der Waals surface area contributed by atoms with Crippen LogP contribution >= 0.6 is 0 Å². The van der Waals surface area contributed by atoms with Gasteiger partial charge >= 0.3 is 5.97 Å². The second-order valence-corrected chi connectivity index (χ2v) is 3.61. The monoisotopic (exact) mass is 239 g/mol. The number of esters is 1. The average Bonchev–Trinajstić information content (AvgIpc) is 2.37. The lowest BCUT2D eigenvalue weighted by atomic mass is 10.0. The Hall–Kier alpha value is -1.59. The number of rotatable bonds is 5. The van der Waals surface area contributed by atoms with E-state index < -0.39 is 12.1 Å². The first-order valence-corrected chi connectivity index (χ1v) is 5.25. The number of methoxy groups -OCH3 is 2. The summed E-state index contributed by atoms with van der Waals surface area (Å²) in [7, 11) is 2.85. The van der Waals surface area contributed by atoms with Gasteiger partial charge in [0.1, 0.15) is 5.75 Å². The average molecular weight is 239 g/mol. The van der Waals surface area contributed by atoms with Crippen molar-refractivity contribution in [1.29, 1.82) is 0 Å². The van der Waals surface area contributed by atoms with Crippen molar-refractivity contribution in [2.24, 2.45) is 5.73 Å². The molecule has 1 aromatic carbocycles. The van der Waals surface area contributed by atoms with Gasteiger partial charge in [-0.05, 0) is 23.8 Å². The summed E-state index contributed by atoms with van der Waals surface area (Å²) in [6, 6.07) is 4.93. The van der Waals surface area contributed by atoms with Crippen molar-refractivity contribution in [1.82, 2.24) is 0 Å². The molecule has 0 aliphatic heterocycles. The molecule has 0 bridgehead atoms. The molecular weight excluding hydrogens is 222 g/mol. The standard InChI is InChI=1S/C12H17NO4/c1-16-11-4-3-8(12(15)17-2)5-9(11)6-10(14)7-13/h3-5,10,14H,6-7,13H2,1-2H3. The van der Waals surface area contributed by atoms with Crippen LogP contribution in [-0.4, -0.2) is 37.9 Å². The minimum atomic E-state index is -0.656. The first-order chi connectivity index (χ1) is 8.12. The van der Waals surface area contributed by atoms with Crippen molar-refractivity contribution < 1.29 is 19.4 Å². The Bertz CT molecular complexity index is 392.